The number of para-hydroxylation sites is 3. The van der Waals surface area contributed by atoms with E-state index in [1.54, 1.807) is 7.11 Å². The fraction of sp³-hybridized carbons (Fsp3) is 0.231. The standard InChI is InChI=1S/C26H25N3O2/c1-3-4-15-31-24-12-8-5-9-18(24)17-29-23-14-13-19(30-2)16-20(23)25-26(29)28-22-11-7-6-10-21(22)27-25/h5-14,16H,3-4,15,17H2,1-2H3. The van der Waals surface area contributed by atoms with Crippen molar-refractivity contribution in [1.29, 1.82) is 0 Å². The van der Waals surface area contributed by atoms with Crippen molar-refractivity contribution in [3.8, 4) is 11.5 Å². The van der Waals surface area contributed by atoms with Crippen LogP contribution in [0.1, 0.15) is 25.3 Å². The Balaban J connectivity index is 1.70. The van der Waals surface area contributed by atoms with Crippen LogP contribution >= 0.6 is 0 Å². The first-order valence-electron chi connectivity index (χ1n) is 10.7. The van der Waals surface area contributed by atoms with Gasteiger partial charge in [0, 0.05) is 10.9 Å². The predicted octanol–water partition coefficient (Wildman–Crippen LogP) is 5.97. The van der Waals surface area contributed by atoms with Crippen LogP contribution in [0.4, 0.5) is 0 Å². The molecule has 0 aliphatic heterocycles. The van der Waals surface area contributed by atoms with Gasteiger partial charge in [-0.2, -0.15) is 0 Å². The Morgan fingerprint density at radius 1 is 0.903 bits per heavy atom. The van der Waals surface area contributed by atoms with Gasteiger partial charge in [-0.3, -0.25) is 0 Å². The molecule has 5 aromatic rings. The Hall–Kier alpha value is -3.60. The van der Waals surface area contributed by atoms with Crippen molar-refractivity contribution < 1.29 is 9.47 Å². The van der Waals surface area contributed by atoms with Crippen molar-refractivity contribution in [2.45, 2.75) is 26.3 Å². The fourth-order valence-electron chi connectivity index (χ4n) is 3.97. The number of nitrogens with zero attached hydrogens (tertiary/aromatic N) is 3. The minimum absolute atomic E-state index is 0.654. The van der Waals surface area contributed by atoms with Crippen LogP contribution in [0.15, 0.2) is 66.7 Å². The van der Waals surface area contributed by atoms with Gasteiger partial charge < -0.3 is 14.0 Å². The first kappa shape index (κ1) is 19.4. The summed E-state index contributed by atoms with van der Waals surface area (Å²) in [5.41, 5.74) is 5.73. The van der Waals surface area contributed by atoms with E-state index < -0.39 is 0 Å². The number of hydrogen-bond acceptors (Lipinski definition) is 4. The van der Waals surface area contributed by atoms with E-state index in [-0.39, 0.29) is 0 Å². The van der Waals surface area contributed by atoms with Crippen molar-refractivity contribution in [3.63, 3.8) is 0 Å². The van der Waals surface area contributed by atoms with Gasteiger partial charge in [-0.25, -0.2) is 9.97 Å². The average Bonchev–Trinajstić information content (AvgIpc) is 3.10. The van der Waals surface area contributed by atoms with Gasteiger partial charge in [0.25, 0.3) is 0 Å². The quantitative estimate of drug-likeness (QED) is 0.309. The molecule has 0 radical (unpaired) electrons. The lowest BCUT2D eigenvalue weighted by atomic mass is 10.2. The Bertz CT molecular complexity index is 1370. The van der Waals surface area contributed by atoms with E-state index in [0.717, 1.165) is 69.6 Å². The van der Waals surface area contributed by atoms with Crippen LogP contribution in [0.25, 0.3) is 33.1 Å². The van der Waals surface area contributed by atoms with Gasteiger partial charge in [-0.1, -0.05) is 43.7 Å². The molecule has 31 heavy (non-hydrogen) atoms. The number of benzene rings is 3. The Kier molecular flexibility index (Phi) is 5.16. The van der Waals surface area contributed by atoms with E-state index >= 15 is 0 Å². The molecule has 0 bridgehead atoms. The Morgan fingerprint density at radius 3 is 2.48 bits per heavy atom. The summed E-state index contributed by atoms with van der Waals surface area (Å²) in [7, 11) is 1.69. The molecule has 2 heterocycles. The smallest absolute Gasteiger partial charge is 0.160 e. The van der Waals surface area contributed by atoms with Crippen molar-refractivity contribution in [3.05, 3.63) is 72.3 Å². The van der Waals surface area contributed by atoms with Crippen LogP contribution in [-0.2, 0) is 6.54 Å². The van der Waals surface area contributed by atoms with Crippen LogP contribution in [0.2, 0.25) is 0 Å². The number of methoxy groups -OCH3 is 1. The van der Waals surface area contributed by atoms with Crippen molar-refractivity contribution >= 4 is 33.1 Å². The first-order chi connectivity index (χ1) is 15.3. The van der Waals surface area contributed by atoms with E-state index in [4.69, 9.17) is 19.4 Å². The van der Waals surface area contributed by atoms with Crippen molar-refractivity contribution in [2.75, 3.05) is 13.7 Å². The summed E-state index contributed by atoms with van der Waals surface area (Å²) in [5, 5.41) is 1.04. The summed E-state index contributed by atoms with van der Waals surface area (Å²) in [6, 6.07) is 22.4. The summed E-state index contributed by atoms with van der Waals surface area (Å²) >= 11 is 0. The van der Waals surface area contributed by atoms with Crippen LogP contribution < -0.4 is 9.47 Å². The maximum Gasteiger partial charge on any atom is 0.160 e. The third-order valence-electron chi connectivity index (χ3n) is 5.61. The molecular weight excluding hydrogens is 386 g/mol. The van der Waals surface area contributed by atoms with Gasteiger partial charge in [0.2, 0.25) is 0 Å². The third-order valence-corrected chi connectivity index (χ3v) is 5.61. The highest BCUT2D eigenvalue weighted by Gasteiger charge is 2.17. The molecule has 5 rings (SSSR count). The number of rotatable bonds is 7. The van der Waals surface area contributed by atoms with Gasteiger partial charge in [0.1, 0.15) is 17.0 Å². The van der Waals surface area contributed by atoms with Gasteiger partial charge in [0.05, 0.1) is 36.8 Å². The maximum atomic E-state index is 6.09. The normalized spacial score (nSPS) is 11.4. The van der Waals surface area contributed by atoms with E-state index in [2.05, 4.69) is 29.7 Å². The van der Waals surface area contributed by atoms with Crippen LogP contribution in [0.5, 0.6) is 11.5 Å². The number of hydrogen-bond donors (Lipinski definition) is 0. The van der Waals surface area contributed by atoms with Crippen molar-refractivity contribution in [2.24, 2.45) is 0 Å². The van der Waals surface area contributed by atoms with Gasteiger partial charge >= 0.3 is 0 Å². The largest absolute Gasteiger partial charge is 0.497 e. The first-order valence-corrected chi connectivity index (χ1v) is 10.7. The zero-order chi connectivity index (χ0) is 21.2. The lowest BCUT2D eigenvalue weighted by Gasteiger charge is -2.13. The highest BCUT2D eigenvalue weighted by atomic mass is 16.5. The van der Waals surface area contributed by atoms with E-state index in [1.807, 2.05) is 48.5 Å². The molecule has 0 aliphatic rings. The van der Waals surface area contributed by atoms with E-state index in [9.17, 15) is 0 Å². The fourth-order valence-corrected chi connectivity index (χ4v) is 3.97. The summed E-state index contributed by atoms with van der Waals surface area (Å²) in [5.74, 6) is 1.73. The zero-order valence-corrected chi connectivity index (χ0v) is 17.8. The molecule has 5 nitrogen and oxygen atoms in total. The highest BCUT2D eigenvalue weighted by molar-refractivity contribution is 6.07. The number of unbranched alkanes of at least 4 members (excludes halogenated alkanes) is 1. The Morgan fingerprint density at radius 2 is 1.68 bits per heavy atom. The minimum atomic E-state index is 0.654. The lowest BCUT2D eigenvalue weighted by molar-refractivity contribution is 0.306. The van der Waals surface area contributed by atoms with Crippen LogP contribution in [-0.4, -0.2) is 28.3 Å². The van der Waals surface area contributed by atoms with Crippen molar-refractivity contribution in [1.82, 2.24) is 14.5 Å². The topological polar surface area (TPSA) is 49.2 Å². The van der Waals surface area contributed by atoms with E-state index in [0.29, 0.717) is 6.54 Å². The number of ether oxygens (including phenoxy) is 2. The molecule has 5 heteroatoms. The number of fused-ring (bicyclic) bond motifs is 4. The molecule has 0 atom stereocenters. The molecule has 0 N–H and O–H groups in total. The highest BCUT2D eigenvalue weighted by Crippen LogP contribution is 2.32. The minimum Gasteiger partial charge on any atom is -0.497 e. The molecule has 0 amide bonds. The van der Waals surface area contributed by atoms with Gasteiger partial charge in [-0.15, -0.1) is 0 Å². The SMILES string of the molecule is CCCCOc1ccccc1Cn1c2ccc(OC)cc2c2nc3ccccc3nc21. The summed E-state index contributed by atoms with van der Waals surface area (Å²) in [6.45, 7) is 3.55. The molecule has 0 saturated carbocycles. The molecular formula is C26H25N3O2. The molecule has 3 aromatic carbocycles. The molecule has 0 saturated heterocycles. The molecule has 0 spiro atoms. The van der Waals surface area contributed by atoms with Crippen LogP contribution in [0, 0.1) is 0 Å². The maximum absolute atomic E-state index is 6.09. The average molecular weight is 412 g/mol. The molecule has 0 aliphatic carbocycles. The summed E-state index contributed by atoms with van der Waals surface area (Å²) in [6.07, 6.45) is 2.15. The molecule has 0 unspecified atom stereocenters. The molecule has 0 fully saturated rings. The second kappa shape index (κ2) is 8.26. The summed E-state index contributed by atoms with van der Waals surface area (Å²) < 4.78 is 13.8. The summed E-state index contributed by atoms with van der Waals surface area (Å²) in [4.78, 5) is 9.95. The zero-order valence-electron chi connectivity index (χ0n) is 17.8. The van der Waals surface area contributed by atoms with Crippen LogP contribution in [0.3, 0.4) is 0 Å². The molecule has 2 aromatic heterocycles. The molecule has 156 valence electrons. The van der Waals surface area contributed by atoms with Gasteiger partial charge in [0.15, 0.2) is 5.65 Å². The van der Waals surface area contributed by atoms with E-state index in [1.165, 1.54) is 0 Å². The predicted molar refractivity (Wildman–Crippen MR) is 125 cm³/mol. The second-order valence-corrected chi connectivity index (χ2v) is 7.66. The number of aromatic nitrogens is 3. The van der Waals surface area contributed by atoms with Gasteiger partial charge in [-0.05, 0) is 42.8 Å². The third kappa shape index (κ3) is 3.56. The lowest BCUT2D eigenvalue weighted by Crippen LogP contribution is -2.05. The second-order valence-electron chi connectivity index (χ2n) is 7.66. The monoisotopic (exact) mass is 411 g/mol. The Labute approximate surface area is 181 Å².